The van der Waals surface area contributed by atoms with Crippen molar-refractivity contribution in [1.82, 2.24) is 20.4 Å². The number of thiophene rings is 1. The van der Waals surface area contributed by atoms with Gasteiger partial charge < -0.3 is 10.6 Å². The first-order valence-corrected chi connectivity index (χ1v) is 10.6. The Bertz CT molecular complexity index is 718. The highest BCUT2D eigenvalue weighted by molar-refractivity contribution is 14.0. The van der Waals surface area contributed by atoms with Crippen molar-refractivity contribution in [3.8, 4) is 0 Å². The molecule has 1 unspecified atom stereocenters. The van der Waals surface area contributed by atoms with Crippen LogP contribution in [0, 0.1) is 6.92 Å². The molecule has 0 aromatic carbocycles. The highest BCUT2D eigenvalue weighted by Gasteiger charge is 2.17. The smallest absolute Gasteiger partial charge is 0.191 e. The minimum absolute atomic E-state index is 0. The van der Waals surface area contributed by atoms with Crippen LogP contribution in [0.3, 0.4) is 0 Å². The second kappa shape index (κ2) is 11.0. The molecule has 1 aliphatic rings. The maximum atomic E-state index is 4.73. The van der Waals surface area contributed by atoms with Crippen LogP contribution in [0.4, 0.5) is 0 Å². The second-order valence-corrected chi connectivity index (χ2v) is 8.55. The Morgan fingerprint density at radius 2 is 2.11 bits per heavy atom. The lowest BCUT2D eigenvalue weighted by molar-refractivity contribution is 0.463. The molecule has 0 bridgehead atoms. The van der Waals surface area contributed by atoms with Crippen molar-refractivity contribution in [2.75, 3.05) is 6.54 Å². The van der Waals surface area contributed by atoms with Gasteiger partial charge in [0.05, 0.1) is 18.3 Å². The van der Waals surface area contributed by atoms with Crippen LogP contribution in [-0.2, 0) is 13.0 Å². The molecule has 150 valence electrons. The molecule has 1 aliphatic carbocycles. The van der Waals surface area contributed by atoms with Crippen molar-refractivity contribution in [3.05, 3.63) is 39.8 Å². The van der Waals surface area contributed by atoms with Crippen LogP contribution in [-0.4, -0.2) is 28.3 Å². The fraction of sp³-hybridized carbons (Fsp3) is 0.600. The molecule has 3 rings (SSSR count). The van der Waals surface area contributed by atoms with Gasteiger partial charge in [0.1, 0.15) is 0 Å². The molecule has 2 aromatic rings. The van der Waals surface area contributed by atoms with Gasteiger partial charge in [0.15, 0.2) is 5.96 Å². The number of halogens is 1. The molecule has 2 N–H and O–H groups in total. The Morgan fingerprint density at radius 1 is 1.33 bits per heavy atom. The average molecular weight is 501 g/mol. The number of aliphatic imine (C=N–C) groups is 1. The summed E-state index contributed by atoms with van der Waals surface area (Å²) in [6.45, 7) is 7.92. The lowest BCUT2D eigenvalue weighted by atomic mass is 10.2. The Balaban J connectivity index is 0.00000261. The topological polar surface area (TPSA) is 54.2 Å². The molecule has 0 amide bonds. The van der Waals surface area contributed by atoms with Gasteiger partial charge in [-0.3, -0.25) is 4.68 Å². The molecular weight excluding hydrogens is 469 g/mol. The largest absolute Gasteiger partial charge is 0.357 e. The third-order valence-corrected chi connectivity index (χ3v) is 5.82. The molecule has 0 spiro atoms. The van der Waals surface area contributed by atoms with E-state index in [2.05, 4.69) is 60.5 Å². The Labute approximate surface area is 184 Å². The van der Waals surface area contributed by atoms with Crippen molar-refractivity contribution in [3.63, 3.8) is 0 Å². The fourth-order valence-corrected chi connectivity index (χ4v) is 4.51. The summed E-state index contributed by atoms with van der Waals surface area (Å²) in [4.78, 5) is 7.51. The molecule has 27 heavy (non-hydrogen) atoms. The third-order valence-electron chi connectivity index (χ3n) is 4.79. The third kappa shape index (κ3) is 6.78. The number of nitrogens with one attached hydrogen (secondary N) is 2. The van der Waals surface area contributed by atoms with E-state index < -0.39 is 0 Å². The van der Waals surface area contributed by atoms with E-state index >= 15 is 0 Å². The molecule has 0 radical (unpaired) electrons. The van der Waals surface area contributed by atoms with Gasteiger partial charge in [0.25, 0.3) is 0 Å². The monoisotopic (exact) mass is 501 g/mol. The van der Waals surface area contributed by atoms with Crippen LogP contribution in [0.15, 0.2) is 29.4 Å². The van der Waals surface area contributed by atoms with Gasteiger partial charge in [0, 0.05) is 35.0 Å². The van der Waals surface area contributed by atoms with Crippen LogP contribution in [0.25, 0.3) is 0 Å². The van der Waals surface area contributed by atoms with E-state index in [-0.39, 0.29) is 24.0 Å². The minimum atomic E-state index is 0. The SMILES string of the molecule is CCNC(=NCc1ccn(C2CCCC2)n1)NC(C)Cc1ccc(C)s1.I. The summed E-state index contributed by atoms with van der Waals surface area (Å²) >= 11 is 1.87. The van der Waals surface area contributed by atoms with Crippen molar-refractivity contribution in [2.24, 2.45) is 4.99 Å². The van der Waals surface area contributed by atoms with E-state index in [9.17, 15) is 0 Å². The van der Waals surface area contributed by atoms with Gasteiger partial charge in [-0.2, -0.15) is 5.10 Å². The highest BCUT2D eigenvalue weighted by atomic mass is 127. The number of guanidine groups is 1. The predicted molar refractivity (Wildman–Crippen MR) is 125 cm³/mol. The molecule has 2 heterocycles. The standard InChI is InChI=1S/C20H31N5S.HI/c1-4-21-20(23-15(2)13-19-10-9-16(3)26-19)22-14-17-11-12-25(24-17)18-7-5-6-8-18;/h9-12,15,18H,4-8,13-14H2,1-3H3,(H2,21,22,23);1H. The Morgan fingerprint density at radius 3 is 2.78 bits per heavy atom. The lowest BCUT2D eigenvalue weighted by Gasteiger charge is -2.17. The summed E-state index contributed by atoms with van der Waals surface area (Å²) in [6, 6.07) is 7.43. The zero-order valence-electron chi connectivity index (χ0n) is 16.6. The van der Waals surface area contributed by atoms with Crippen molar-refractivity contribution in [1.29, 1.82) is 0 Å². The maximum Gasteiger partial charge on any atom is 0.191 e. The molecule has 0 aliphatic heterocycles. The molecule has 5 nitrogen and oxygen atoms in total. The van der Waals surface area contributed by atoms with E-state index in [1.807, 2.05) is 11.3 Å². The molecule has 7 heteroatoms. The highest BCUT2D eigenvalue weighted by Crippen LogP contribution is 2.28. The summed E-state index contributed by atoms with van der Waals surface area (Å²) in [5.74, 6) is 0.865. The summed E-state index contributed by atoms with van der Waals surface area (Å²) in [5, 5.41) is 11.6. The number of hydrogen-bond acceptors (Lipinski definition) is 3. The first-order chi connectivity index (χ1) is 12.6. The molecule has 1 fully saturated rings. The fourth-order valence-electron chi connectivity index (χ4n) is 3.49. The number of hydrogen-bond donors (Lipinski definition) is 2. The first-order valence-electron chi connectivity index (χ1n) is 9.78. The summed E-state index contributed by atoms with van der Waals surface area (Å²) < 4.78 is 2.14. The van der Waals surface area contributed by atoms with Crippen molar-refractivity contribution < 1.29 is 0 Å². The van der Waals surface area contributed by atoms with Gasteiger partial charge >= 0.3 is 0 Å². The van der Waals surface area contributed by atoms with Crippen molar-refractivity contribution in [2.45, 2.75) is 71.5 Å². The summed E-state index contributed by atoms with van der Waals surface area (Å²) in [7, 11) is 0. The maximum absolute atomic E-state index is 4.73. The predicted octanol–water partition coefficient (Wildman–Crippen LogP) is 4.67. The van der Waals surface area contributed by atoms with Crippen LogP contribution in [0.5, 0.6) is 0 Å². The van der Waals surface area contributed by atoms with Gasteiger partial charge in [0.2, 0.25) is 0 Å². The molecule has 1 saturated carbocycles. The first kappa shape index (κ1) is 22.2. The molecule has 1 atom stereocenters. The van der Waals surface area contributed by atoms with E-state index in [1.165, 1.54) is 35.4 Å². The molecule has 0 saturated heterocycles. The van der Waals surface area contributed by atoms with E-state index in [0.717, 1.165) is 24.6 Å². The van der Waals surface area contributed by atoms with E-state index in [1.54, 1.807) is 0 Å². The minimum Gasteiger partial charge on any atom is -0.357 e. The molecular formula is C20H32IN5S. The van der Waals surface area contributed by atoms with Gasteiger partial charge in [-0.1, -0.05) is 12.8 Å². The normalized spacial score (nSPS) is 16.2. The summed E-state index contributed by atoms with van der Waals surface area (Å²) in [5.41, 5.74) is 1.04. The van der Waals surface area contributed by atoms with Crippen LogP contribution >= 0.6 is 35.3 Å². The Kier molecular flexibility index (Phi) is 9.08. The zero-order valence-corrected chi connectivity index (χ0v) is 19.7. The summed E-state index contributed by atoms with van der Waals surface area (Å²) in [6.07, 6.45) is 8.30. The van der Waals surface area contributed by atoms with Crippen LogP contribution in [0.1, 0.15) is 61.0 Å². The van der Waals surface area contributed by atoms with Crippen LogP contribution in [0.2, 0.25) is 0 Å². The average Bonchev–Trinajstić information content (AvgIpc) is 3.34. The lowest BCUT2D eigenvalue weighted by Crippen LogP contribution is -2.43. The molecule has 2 aromatic heterocycles. The number of aromatic nitrogens is 2. The number of rotatable bonds is 7. The van der Waals surface area contributed by atoms with Crippen molar-refractivity contribution >= 4 is 41.3 Å². The quantitative estimate of drug-likeness (QED) is 0.329. The van der Waals surface area contributed by atoms with E-state index in [0.29, 0.717) is 18.6 Å². The van der Waals surface area contributed by atoms with Gasteiger partial charge in [-0.15, -0.1) is 35.3 Å². The second-order valence-electron chi connectivity index (χ2n) is 7.18. The van der Waals surface area contributed by atoms with Crippen LogP contribution < -0.4 is 10.6 Å². The van der Waals surface area contributed by atoms with E-state index in [4.69, 9.17) is 10.1 Å². The zero-order chi connectivity index (χ0) is 18.4. The van der Waals surface area contributed by atoms with Gasteiger partial charge in [-0.25, -0.2) is 4.99 Å². The number of aryl methyl sites for hydroxylation is 1. The Hall–Kier alpha value is -1.09. The number of nitrogens with zero attached hydrogens (tertiary/aromatic N) is 3. The van der Waals surface area contributed by atoms with Gasteiger partial charge in [-0.05, 0) is 51.8 Å².